The third-order valence-corrected chi connectivity index (χ3v) is 2.65. The molecule has 114 valence electrons. The first kappa shape index (κ1) is 16.4. The molecular formula is C12H14N2O7. The second kappa shape index (κ2) is 7.20. The summed E-state index contributed by atoms with van der Waals surface area (Å²) < 4.78 is 9.51. The van der Waals surface area contributed by atoms with E-state index < -0.39 is 22.9 Å². The number of rotatable bonds is 7. The molecule has 0 bridgehead atoms. The quantitative estimate of drug-likeness (QED) is 0.551. The molecule has 1 aromatic carbocycles. The number of hydrogen-bond acceptors (Lipinski definition) is 6. The first-order chi connectivity index (χ1) is 9.90. The number of nitrogens with one attached hydrogen (secondary N) is 1. The van der Waals surface area contributed by atoms with Gasteiger partial charge in [0.15, 0.2) is 11.9 Å². The third kappa shape index (κ3) is 4.14. The van der Waals surface area contributed by atoms with Crippen molar-refractivity contribution in [3.05, 3.63) is 33.9 Å². The molecule has 1 aromatic rings. The summed E-state index contributed by atoms with van der Waals surface area (Å²) >= 11 is 0. The standard InChI is InChI=1S/C12H14N2O7/c1-20-9-5-7(3-4-8(9)14(18)19)11(15)13-6-10(21-2)12(16)17/h3-5,10H,6H2,1-2H3,(H,13,15)(H,16,17). The van der Waals surface area contributed by atoms with Gasteiger partial charge in [-0.2, -0.15) is 0 Å². The Labute approximate surface area is 119 Å². The van der Waals surface area contributed by atoms with Gasteiger partial charge in [0.25, 0.3) is 5.91 Å². The number of ether oxygens (including phenoxy) is 2. The Balaban J connectivity index is 2.84. The van der Waals surface area contributed by atoms with Gasteiger partial charge in [0, 0.05) is 24.8 Å². The van der Waals surface area contributed by atoms with Gasteiger partial charge in [0.1, 0.15) is 0 Å². The summed E-state index contributed by atoms with van der Waals surface area (Å²) in [6.45, 7) is -0.232. The van der Waals surface area contributed by atoms with Crippen molar-refractivity contribution in [2.75, 3.05) is 20.8 Å². The summed E-state index contributed by atoms with van der Waals surface area (Å²) in [7, 11) is 2.45. The van der Waals surface area contributed by atoms with E-state index in [0.29, 0.717) is 0 Å². The number of carboxylic acids is 1. The molecular weight excluding hydrogens is 284 g/mol. The molecule has 0 fully saturated rings. The molecule has 0 saturated heterocycles. The lowest BCUT2D eigenvalue weighted by molar-refractivity contribution is -0.385. The highest BCUT2D eigenvalue weighted by Crippen LogP contribution is 2.27. The van der Waals surface area contributed by atoms with Crippen molar-refractivity contribution in [3.63, 3.8) is 0 Å². The molecule has 1 unspecified atom stereocenters. The van der Waals surface area contributed by atoms with Crippen molar-refractivity contribution in [3.8, 4) is 5.75 Å². The lowest BCUT2D eigenvalue weighted by Gasteiger charge is -2.12. The van der Waals surface area contributed by atoms with Gasteiger partial charge in [-0.15, -0.1) is 0 Å². The van der Waals surface area contributed by atoms with E-state index >= 15 is 0 Å². The highest BCUT2D eigenvalue weighted by Gasteiger charge is 2.20. The predicted molar refractivity (Wildman–Crippen MR) is 70.4 cm³/mol. The predicted octanol–water partition coefficient (Wildman–Crippen LogP) is 0.433. The molecule has 0 aliphatic heterocycles. The number of nitro groups is 1. The molecule has 2 N–H and O–H groups in total. The minimum absolute atomic E-state index is 0.0609. The Bertz CT molecular complexity index is 559. The van der Waals surface area contributed by atoms with Crippen molar-refractivity contribution in [1.82, 2.24) is 5.32 Å². The summed E-state index contributed by atoms with van der Waals surface area (Å²) in [6.07, 6.45) is -1.17. The van der Waals surface area contributed by atoms with Gasteiger partial charge in [-0.05, 0) is 6.07 Å². The van der Waals surface area contributed by atoms with Crippen LogP contribution >= 0.6 is 0 Å². The Morgan fingerprint density at radius 1 is 1.43 bits per heavy atom. The smallest absolute Gasteiger partial charge is 0.334 e. The summed E-state index contributed by atoms with van der Waals surface area (Å²) in [4.78, 5) is 32.7. The van der Waals surface area contributed by atoms with Crippen molar-refractivity contribution in [2.24, 2.45) is 0 Å². The number of carbonyl (C=O) groups is 2. The molecule has 0 spiro atoms. The van der Waals surface area contributed by atoms with E-state index in [2.05, 4.69) is 10.1 Å². The minimum atomic E-state index is -1.21. The minimum Gasteiger partial charge on any atom is -0.490 e. The van der Waals surface area contributed by atoms with Gasteiger partial charge in [0.2, 0.25) is 0 Å². The van der Waals surface area contributed by atoms with E-state index in [1.165, 1.54) is 26.4 Å². The number of carboxylic acid groups (broad SMARTS) is 1. The number of benzene rings is 1. The zero-order valence-electron chi connectivity index (χ0n) is 11.4. The Morgan fingerprint density at radius 2 is 2.10 bits per heavy atom. The van der Waals surface area contributed by atoms with Gasteiger partial charge >= 0.3 is 11.7 Å². The van der Waals surface area contributed by atoms with E-state index in [1.54, 1.807) is 0 Å². The molecule has 1 atom stereocenters. The summed E-state index contributed by atoms with van der Waals surface area (Å²) in [5, 5.41) is 21.9. The molecule has 0 aromatic heterocycles. The van der Waals surface area contributed by atoms with Gasteiger partial charge < -0.3 is 19.9 Å². The number of aliphatic carboxylic acids is 1. The molecule has 9 heteroatoms. The lowest BCUT2D eigenvalue weighted by Crippen LogP contribution is -2.37. The number of nitro benzene ring substituents is 1. The third-order valence-electron chi connectivity index (χ3n) is 2.65. The summed E-state index contributed by atoms with van der Waals surface area (Å²) in [6, 6.07) is 3.59. The number of carbonyl (C=O) groups excluding carboxylic acids is 1. The number of amides is 1. The van der Waals surface area contributed by atoms with Gasteiger partial charge in [-0.25, -0.2) is 4.79 Å². The maximum atomic E-state index is 11.9. The van der Waals surface area contributed by atoms with E-state index in [-0.39, 0.29) is 23.5 Å². The second-order valence-corrected chi connectivity index (χ2v) is 3.92. The van der Waals surface area contributed by atoms with Crippen molar-refractivity contribution < 1.29 is 29.1 Å². The van der Waals surface area contributed by atoms with Crippen LogP contribution in [-0.4, -0.2) is 48.8 Å². The molecule has 1 amide bonds. The van der Waals surface area contributed by atoms with Crippen LogP contribution in [0.15, 0.2) is 18.2 Å². The fraction of sp³-hybridized carbons (Fsp3) is 0.333. The average molecular weight is 298 g/mol. The maximum absolute atomic E-state index is 11.9. The molecule has 0 aliphatic carbocycles. The monoisotopic (exact) mass is 298 g/mol. The molecule has 0 aliphatic rings. The zero-order chi connectivity index (χ0) is 16.0. The van der Waals surface area contributed by atoms with E-state index in [4.69, 9.17) is 9.84 Å². The van der Waals surface area contributed by atoms with Crippen LogP contribution < -0.4 is 10.1 Å². The van der Waals surface area contributed by atoms with E-state index in [1.807, 2.05) is 0 Å². The first-order valence-electron chi connectivity index (χ1n) is 5.77. The second-order valence-electron chi connectivity index (χ2n) is 3.92. The summed E-state index contributed by atoms with van der Waals surface area (Å²) in [5.74, 6) is -1.86. The number of hydrogen-bond donors (Lipinski definition) is 2. The molecule has 21 heavy (non-hydrogen) atoms. The number of nitrogens with zero attached hydrogens (tertiary/aromatic N) is 1. The largest absolute Gasteiger partial charge is 0.490 e. The SMILES string of the molecule is COc1cc(C(=O)NCC(OC)C(=O)O)ccc1[N+](=O)[O-]. The van der Waals surface area contributed by atoms with E-state index in [0.717, 1.165) is 6.07 Å². The van der Waals surface area contributed by atoms with Crippen LogP contribution in [0.2, 0.25) is 0 Å². The first-order valence-corrected chi connectivity index (χ1v) is 5.77. The van der Waals surface area contributed by atoms with Crippen molar-refractivity contribution in [1.29, 1.82) is 0 Å². The molecule has 0 radical (unpaired) electrons. The van der Waals surface area contributed by atoms with Crippen molar-refractivity contribution >= 4 is 17.6 Å². The van der Waals surface area contributed by atoms with Crippen molar-refractivity contribution in [2.45, 2.75) is 6.10 Å². The van der Waals surface area contributed by atoms with Crippen LogP contribution in [0.1, 0.15) is 10.4 Å². The molecule has 1 rings (SSSR count). The zero-order valence-corrected chi connectivity index (χ0v) is 11.4. The van der Waals surface area contributed by atoms with Crippen LogP contribution in [0.5, 0.6) is 5.75 Å². The highest BCUT2D eigenvalue weighted by molar-refractivity contribution is 5.95. The average Bonchev–Trinajstić information content (AvgIpc) is 2.46. The number of methoxy groups -OCH3 is 2. The molecule has 9 nitrogen and oxygen atoms in total. The van der Waals surface area contributed by atoms with E-state index in [9.17, 15) is 19.7 Å². The lowest BCUT2D eigenvalue weighted by atomic mass is 10.1. The Hall–Kier alpha value is -2.68. The normalized spacial score (nSPS) is 11.5. The Morgan fingerprint density at radius 3 is 2.57 bits per heavy atom. The van der Waals surface area contributed by atoms with Crippen LogP contribution in [0, 0.1) is 10.1 Å². The highest BCUT2D eigenvalue weighted by atomic mass is 16.6. The maximum Gasteiger partial charge on any atom is 0.334 e. The molecule has 0 heterocycles. The fourth-order valence-corrected chi connectivity index (χ4v) is 1.53. The van der Waals surface area contributed by atoms with Gasteiger partial charge in [-0.3, -0.25) is 14.9 Å². The van der Waals surface area contributed by atoms with Gasteiger partial charge in [0.05, 0.1) is 18.6 Å². The van der Waals surface area contributed by atoms with Crippen LogP contribution in [0.4, 0.5) is 5.69 Å². The molecule has 0 saturated carbocycles. The summed E-state index contributed by atoms with van der Waals surface area (Å²) in [5.41, 5.74) is -0.160. The van der Waals surface area contributed by atoms with Gasteiger partial charge in [-0.1, -0.05) is 0 Å². The van der Waals surface area contributed by atoms with Crippen LogP contribution in [0.25, 0.3) is 0 Å². The fourth-order valence-electron chi connectivity index (χ4n) is 1.53. The van der Waals surface area contributed by atoms with Crippen LogP contribution in [-0.2, 0) is 9.53 Å². The topological polar surface area (TPSA) is 128 Å². The Kier molecular flexibility index (Phi) is 5.61. The van der Waals surface area contributed by atoms with Crippen LogP contribution in [0.3, 0.4) is 0 Å².